The third-order valence-corrected chi connectivity index (χ3v) is 6.16. The van der Waals surface area contributed by atoms with E-state index in [1.54, 1.807) is 12.1 Å². The van der Waals surface area contributed by atoms with Crippen LogP contribution in [0.3, 0.4) is 0 Å². The lowest BCUT2D eigenvalue weighted by atomic mass is 10.2. The van der Waals surface area contributed by atoms with Crippen molar-refractivity contribution in [2.75, 3.05) is 42.9 Å². The van der Waals surface area contributed by atoms with Gasteiger partial charge in [0.25, 0.3) is 5.91 Å². The molecule has 2 heterocycles. The molecule has 0 bridgehead atoms. The average molecular weight is 489 g/mol. The van der Waals surface area contributed by atoms with Gasteiger partial charge in [0.2, 0.25) is 0 Å². The number of nitrogens with one attached hydrogen (secondary N) is 1. The fourth-order valence-electron chi connectivity index (χ4n) is 3.64. The summed E-state index contributed by atoms with van der Waals surface area (Å²) in [4.78, 5) is 17.5. The number of benzene rings is 2. The van der Waals surface area contributed by atoms with Crippen LogP contribution in [0.25, 0.3) is 11.3 Å². The van der Waals surface area contributed by atoms with Crippen LogP contribution in [0.5, 0.6) is 0 Å². The summed E-state index contributed by atoms with van der Waals surface area (Å²) >= 11 is 9.95. The molecule has 0 unspecified atom stereocenters. The normalized spacial score (nSPS) is 14.7. The molecule has 30 heavy (non-hydrogen) atoms. The molecule has 0 radical (unpaired) electrons. The van der Waals surface area contributed by atoms with Crippen LogP contribution in [-0.2, 0) is 0 Å². The lowest BCUT2D eigenvalue weighted by Gasteiger charge is -2.36. The molecule has 1 saturated heterocycles. The molecular formula is C23H23BrClN3O2. The van der Waals surface area contributed by atoms with Gasteiger partial charge in [0.1, 0.15) is 5.76 Å². The molecule has 0 aliphatic carbocycles. The first-order valence-corrected chi connectivity index (χ1v) is 11.1. The monoisotopic (exact) mass is 487 g/mol. The Hall–Kier alpha value is -2.28. The van der Waals surface area contributed by atoms with E-state index < -0.39 is 0 Å². The molecule has 1 aliphatic rings. The van der Waals surface area contributed by atoms with Crippen molar-refractivity contribution in [3.8, 4) is 11.3 Å². The lowest BCUT2D eigenvalue weighted by molar-refractivity contribution is 0.0997. The molecule has 0 atom stereocenters. The van der Waals surface area contributed by atoms with Gasteiger partial charge in [-0.2, -0.15) is 0 Å². The average Bonchev–Trinajstić information content (AvgIpc) is 3.25. The Morgan fingerprint density at radius 3 is 2.50 bits per heavy atom. The summed E-state index contributed by atoms with van der Waals surface area (Å²) in [5.41, 5.74) is 2.47. The summed E-state index contributed by atoms with van der Waals surface area (Å²) < 4.78 is 6.80. The molecule has 3 aromatic rings. The molecule has 1 aliphatic heterocycles. The van der Waals surface area contributed by atoms with Crippen LogP contribution in [0.2, 0.25) is 5.02 Å². The number of amides is 1. The standard InChI is InChI=1S/C23H23BrClN3O2/c1-2-27-12-14-28(15-13-27)22-18(25)4-3-5-19(22)26-23(29)21-11-10-20(30-21)16-6-8-17(24)9-7-16/h3-11H,2,12-15H2,1H3,(H,26,29). The van der Waals surface area contributed by atoms with Gasteiger partial charge in [0.05, 0.1) is 16.4 Å². The van der Waals surface area contributed by atoms with Gasteiger partial charge in [0.15, 0.2) is 5.76 Å². The largest absolute Gasteiger partial charge is 0.451 e. The van der Waals surface area contributed by atoms with Crippen molar-refractivity contribution in [3.05, 3.63) is 69.9 Å². The second-order valence-electron chi connectivity index (χ2n) is 7.18. The summed E-state index contributed by atoms with van der Waals surface area (Å²) in [6, 6.07) is 16.8. The molecule has 5 nitrogen and oxygen atoms in total. The first kappa shape index (κ1) is 21.0. The molecule has 1 amide bonds. The summed E-state index contributed by atoms with van der Waals surface area (Å²) in [6.07, 6.45) is 0. The van der Waals surface area contributed by atoms with E-state index in [1.165, 1.54) is 0 Å². The van der Waals surface area contributed by atoms with Gasteiger partial charge in [-0.3, -0.25) is 4.79 Å². The molecule has 1 N–H and O–H groups in total. The van der Waals surface area contributed by atoms with Crippen LogP contribution in [0, 0.1) is 0 Å². The van der Waals surface area contributed by atoms with Crippen LogP contribution in [0.15, 0.2) is 63.5 Å². The first-order chi connectivity index (χ1) is 14.5. The Balaban J connectivity index is 1.53. The number of nitrogens with zero attached hydrogens (tertiary/aromatic N) is 2. The number of piperazine rings is 1. The molecule has 1 fully saturated rings. The van der Waals surface area contributed by atoms with Crippen LogP contribution < -0.4 is 10.2 Å². The fraction of sp³-hybridized carbons (Fsp3) is 0.261. The highest BCUT2D eigenvalue weighted by Crippen LogP contribution is 2.35. The zero-order valence-electron chi connectivity index (χ0n) is 16.7. The van der Waals surface area contributed by atoms with Crippen LogP contribution in [-0.4, -0.2) is 43.5 Å². The number of anilines is 2. The van der Waals surface area contributed by atoms with Crippen LogP contribution in [0.4, 0.5) is 11.4 Å². The van der Waals surface area contributed by atoms with Gasteiger partial charge in [-0.05, 0) is 42.9 Å². The van der Waals surface area contributed by atoms with Gasteiger partial charge in [-0.1, -0.05) is 52.7 Å². The maximum Gasteiger partial charge on any atom is 0.291 e. The Morgan fingerprint density at radius 1 is 1.07 bits per heavy atom. The van der Waals surface area contributed by atoms with Crippen molar-refractivity contribution in [2.24, 2.45) is 0 Å². The SMILES string of the molecule is CCN1CCN(c2c(Cl)cccc2NC(=O)c2ccc(-c3ccc(Br)cc3)o2)CC1. The predicted molar refractivity (Wildman–Crippen MR) is 126 cm³/mol. The third kappa shape index (κ3) is 4.56. The number of carbonyl (C=O) groups excluding carboxylic acids is 1. The number of rotatable bonds is 5. The van der Waals surface area contributed by atoms with E-state index in [9.17, 15) is 4.79 Å². The topological polar surface area (TPSA) is 48.7 Å². The van der Waals surface area contributed by atoms with E-state index in [4.69, 9.17) is 16.0 Å². The number of hydrogen-bond acceptors (Lipinski definition) is 4. The number of halogens is 2. The van der Waals surface area contributed by atoms with Gasteiger partial charge in [-0.25, -0.2) is 0 Å². The first-order valence-electron chi connectivity index (χ1n) is 9.98. The number of para-hydroxylation sites is 1. The zero-order chi connectivity index (χ0) is 21.1. The van der Waals surface area contributed by atoms with Crippen molar-refractivity contribution < 1.29 is 9.21 Å². The van der Waals surface area contributed by atoms with Crippen molar-refractivity contribution in [1.82, 2.24) is 4.90 Å². The Labute approximate surface area is 189 Å². The van der Waals surface area contributed by atoms with E-state index in [0.29, 0.717) is 16.5 Å². The summed E-state index contributed by atoms with van der Waals surface area (Å²) in [6.45, 7) is 6.90. The molecular weight excluding hydrogens is 466 g/mol. The highest BCUT2D eigenvalue weighted by Gasteiger charge is 2.22. The summed E-state index contributed by atoms with van der Waals surface area (Å²) in [5.74, 6) is 0.610. The Kier molecular flexibility index (Phi) is 6.46. The molecule has 0 saturated carbocycles. The second kappa shape index (κ2) is 9.25. The second-order valence-corrected chi connectivity index (χ2v) is 8.51. The molecule has 2 aromatic carbocycles. The fourth-order valence-corrected chi connectivity index (χ4v) is 4.20. The van der Waals surface area contributed by atoms with E-state index >= 15 is 0 Å². The predicted octanol–water partition coefficient (Wildman–Crippen LogP) is 5.76. The summed E-state index contributed by atoms with van der Waals surface area (Å²) in [7, 11) is 0. The maximum absolute atomic E-state index is 12.9. The third-order valence-electron chi connectivity index (χ3n) is 5.33. The highest BCUT2D eigenvalue weighted by molar-refractivity contribution is 9.10. The Morgan fingerprint density at radius 2 is 1.80 bits per heavy atom. The highest BCUT2D eigenvalue weighted by atomic mass is 79.9. The molecule has 156 valence electrons. The van der Waals surface area contributed by atoms with Crippen molar-refractivity contribution in [1.29, 1.82) is 0 Å². The lowest BCUT2D eigenvalue weighted by Crippen LogP contribution is -2.46. The van der Waals surface area contributed by atoms with Crippen LogP contribution in [0.1, 0.15) is 17.5 Å². The maximum atomic E-state index is 12.9. The molecule has 1 aromatic heterocycles. The smallest absolute Gasteiger partial charge is 0.291 e. The number of carbonyl (C=O) groups is 1. The zero-order valence-corrected chi connectivity index (χ0v) is 19.0. The van der Waals surface area contributed by atoms with Crippen LogP contribution >= 0.6 is 27.5 Å². The van der Waals surface area contributed by atoms with Crippen molar-refractivity contribution in [2.45, 2.75) is 6.92 Å². The van der Waals surface area contributed by atoms with E-state index in [-0.39, 0.29) is 11.7 Å². The Bertz CT molecular complexity index is 1030. The minimum atomic E-state index is -0.297. The van der Waals surface area contributed by atoms with E-state index in [0.717, 1.165) is 48.4 Å². The van der Waals surface area contributed by atoms with E-state index in [2.05, 4.69) is 38.0 Å². The van der Waals surface area contributed by atoms with Gasteiger partial charge < -0.3 is 19.5 Å². The quantitative estimate of drug-likeness (QED) is 0.496. The molecule has 0 spiro atoms. The molecule has 7 heteroatoms. The van der Waals surface area contributed by atoms with E-state index in [1.807, 2.05) is 42.5 Å². The summed E-state index contributed by atoms with van der Waals surface area (Å²) in [5, 5.41) is 3.62. The number of furan rings is 1. The van der Waals surface area contributed by atoms with Crippen molar-refractivity contribution >= 4 is 44.8 Å². The minimum Gasteiger partial charge on any atom is -0.451 e. The molecule has 4 rings (SSSR count). The number of hydrogen-bond donors (Lipinski definition) is 1. The van der Waals surface area contributed by atoms with Gasteiger partial charge in [0, 0.05) is 36.2 Å². The van der Waals surface area contributed by atoms with Crippen molar-refractivity contribution in [3.63, 3.8) is 0 Å². The number of likely N-dealkylation sites (N-methyl/N-ethyl adjacent to an activating group) is 1. The van der Waals surface area contributed by atoms with Gasteiger partial charge in [-0.15, -0.1) is 0 Å². The minimum absolute atomic E-state index is 0.259. The van der Waals surface area contributed by atoms with Gasteiger partial charge >= 0.3 is 0 Å².